The lowest BCUT2D eigenvalue weighted by molar-refractivity contribution is 0.0950. The van der Waals surface area contributed by atoms with Gasteiger partial charge < -0.3 is 9.88 Å². The van der Waals surface area contributed by atoms with Crippen molar-refractivity contribution in [3.05, 3.63) is 83.1 Å². The summed E-state index contributed by atoms with van der Waals surface area (Å²) in [7, 11) is 0. The molecule has 0 bridgehead atoms. The monoisotopic (exact) mass is 349 g/mol. The van der Waals surface area contributed by atoms with Gasteiger partial charge in [0.2, 0.25) is 0 Å². The maximum absolute atomic E-state index is 12.3. The standard InChI is InChI=1S/C18H15N5OS/c24-18(14-3-5-16(6-4-14)22-8-1-2-9-22)19-11-15-12-23(21-20-15)17-7-10-25-13-17/h1-10,12-13H,11H2,(H,19,24). The van der Waals surface area contributed by atoms with Crippen LogP contribution in [0.3, 0.4) is 0 Å². The Morgan fingerprint density at radius 1 is 1.08 bits per heavy atom. The number of nitrogens with one attached hydrogen (secondary N) is 1. The zero-order valence-electron chi connectivity index (χ0n) is 13.2. The Morgan fingerprint density at radius 2 is 1.88 bits per heavy atom. The highest BCUT2D eigenvalue weighted by molar-refractivity contribution is 7.08. The molecular weight excluding hydrogens is 334 g/mol. The van der Waals surface area contributed by atoms with Gasteiger partial charge in [-0.25, -0.2) is 4.68 Å². The van der Waals surface area contributed by atoms with E-state index in [9.17, 15) is 4.79 Å². The van der Waals surface area contributed by atoms with Crippen LogP contribution in [0.1, 0.15) is 16.1 Å². The van der Waals surface area contributed by atoms with Gasteiger partial charge in [-0.05, 0) is 47.8 Å². The first-order valence-corrected chi connectivity index (χ1v) is 8.69. The molecule has 0 spiro atoms. The predicted octanol–water partition coefficient (Wildman–Crippen LogP) is 3.05. The van der Waals surface area contributed by atoms with E-state index in [1.165, 1.54) is 0 Å². The Balaban J connectivity index is 1.39. The second-order valence-electron chi connectivity index (χ2n) is 5.46. The third-order valence-electron chi connectivity index (χ3n) is 3.77. The Bertz CT molecular complexity index is 956. The molecule has 0 radical (unpaired) electrons. The summed E-state index contributed by atoms with van der Waals surface area (Å²) in [6, 6.07) is 13.4. The Morgan fingerprint density at radius 3 is 2.60 bits per heavy atom. The summed E-state index contributed by atoms with van der Waals surface area (Å²) in [5.41, 5.74) is 3.31. The lowest BCUT2D eigenvalue weighted by Crippen LogP contribution is -2.22. The molecule has 7 heteroatoms. The average Bonchev–Trinajstić information content (AvgIpc) is 3.42. The van der Waals surface area contributed by atoms with E-state index in [4.69, 9.17) is 0 Å². The van der Waals surface area contributed by atoms with Gasteiger partial charge in [-0.3, -0.25) is 4.79 Å². The molecule has 0 aliphatic heterocycles. The second-order valence-corrected chi connectivity index (χ2v) is 6.24. The topological polar surface area (TPSA) is 64.7 Å². The molecule has 25 heavy (non-hydrogen) atoms. The highest BCUT2D eigenvalue weighted by atomic mass is 32.1. The molecule has 0 saturated heterocycles. The van der Waals surface area contributed by atoms with Gasteiger partial charge in [0.15, 0.2) is 0 Å². The summed E-state index contributed by atoms with van der Waals surface area (Å²) in [6.45, 7) is 0.336. The number of hydrogen-bond acceptors (Lipinski definition) is 4. The number of rotatable bonds is 5. The maximum atomic E-state index is 12.3. The van der Waals surface area contributed by atoms with Crippen molar-refractivity contribution in [2.75, 3.05) is 0 Å². The van der Waals surface area contributed by atoms with Crippen molar-refractivity contribution in [2.24, 2.45) is 0 Å². The van der Waals surface area contributed by atoms with Crippen LogP contribution >= 0.6 is 11.3 Å². The van der Waals surface area contributed by atoms with Crippen LogP contribution in [-0.4, -0.2) is 25.5 Å². The fourth-order valence-corrected chi connectivity index (χ4v) is 3.08. The van der Waals surface area contributed by atoms with E-state index in [1.54, 1.807) is 16.0 Å². The normalized spacial score (nSPS) is 10.7. The largest absolute Gasteiger partial charge is 0.346 e. The fourth-order valence-electron chi connectivity index (χ4n) is 2.46. The number of amides is 1. The van der Waals surface area contributed by atoms with Gasteiger partial charge in [0.25, 0.3) is 5.91 Å². The van der Waals surface area contributed by atoms with Crippen molar-refractivity contribution in [1.82, 2.24) is 24.9 Å². The average molecular weight is 349 g/mol. The fraction of sp³-hybridized carbons (Fsp3) is 0.0556. The lowest BCUT2D eigenvalue weighted by Gasteiger charge is -2.06. The van der Waals surface area contributed by atoms with Crippen molar-refractivity contribution >= 4 is 17.2 Å². The summed E-state index contributed by atoms with van der Waals surface area (Å²) in [5.74, 6) is -0.135. The van der Waals surface area contributed by atoms with Crippen LogP contribution in [0.15, 0.2) is 71.8 Å². The first-order valence-electron chi connectivity index (χ1n) is 7.75. The molecule has 124 valence electrons. The number of carbonyl (C=O) groups is 1. The first kappa shape index (κ1) is 15.3. The van der Waals surface area contributed by atoms with Crippen molar-refractivity contribution in [3.63, 3.8) is 0 Å². The van der Waals surface area contributed by atoms with Crippen molar-refractivity contribution in [1.29, 1.82) is 0 Å². The number of thiophene rings is 1. The number of carbonyl (C=O) groups excluding carboxylic acids is 1. The van der Waals surface area contributed by atoms with Gasteiger partial charge >= 0.3 is 0 Å². The molecule has 3 heterocycles. The minimum absolute atomic E-state index is 0.135. The quantitative estimate of drug-likeness (QED) is 0.602. The highest BCUT2D eigenvalue weighted by Crippen LogP contribution is 2.12. The minimum atomic E-state index is -0.135. The van der Waals surface area contributed by atoms with Gasteiger partial charge in [0, 0.05) is 29.0 Å². The zero-order valence-corrected chi connectivity index (χ0v) is 14.1. The Labute approximate surface area is 148 Å². The zero-order chi connectivity index (χ0) is 17.1. The van der Waals surface area contributed by atoms with Crippen LogP contribution in [0.4, 0.5) is 0 Å². The van der Waals surface area contributed by atoms with E-state index in [2.05, 4.69) is 15.6 Å². The first-order chi connectivity index (χ1) is 12.3. The molecule has 0 fully saturated rings. The molecule has 1 N–H and O–H groups in total. The third kappa shape index (κ3) is 3.36. The maximum Gasteiger partial charge on any atom is 0.251 e. The molecule has 6 nitrogen and oxygen atoms in total. The van der Waals surface area contributed by atoms with E-state index in [0.717, 1.165) is 11.4 Å². The van der Waals surface area contributed by atoms with Gasteiger partial charge in [0.05, 0.1) is 18.4 Å². The van der Waals surface area contributed by atoms with Gasteiger partial charge in [-0.2, -0.15) is 11.3 Å². The SMILES string of the molecule is O=C(NCc1cn(-c2ccsc2)nn1)c1ccc(-n2cccc2)cc1. The van der Waals surface area contributed by atoms with E-state index in [0.29, 0.717) is 17.8 Å². The Kier molecular flexibility index (Phi) is 4.14. The molecule has 1 aromatic carbocycles. The van der Waals surface area contributed by atoms with Crippen LogP contribution < -0.4 is 5.32 Å². The molecular formula is C18H15N5OS. The van der Waals surface area contributed by atoms with Gasteiger partial charge in [-0.15, -0.1) is 5.10 Å². The summed E-state index contributed by atoms with van der Waals surface area (Å²) < 4.78 is 3.69. The second kappa shape index (κ2) is 6.74. The molecule has 3 aromatic heterocycles. The van der Waals surface area contributed by atoms with Crippen LogP contribution in [-0.2, 0) is 6.54 Å². The number of benzene rings is 1. The lowest BCUT2D eigenvalue weighted by atomic mass is 10.2. The van der Waals surface area contributed by atoms with Crippen LogP contribution in [0, 0.1) is 0 Å². The van der Waals surface area contributed by atoms with Crippen LogP contribution in [0.25, 0.3) is 11.4 Å². The van der Waals surface area contributed by atoms with E-state index in [-0.39, 0.29) is 5.91 Å². The van der Waals surface area contributed by atoms with Crippen molar-refractivity contribution < 1.29 is 4.79 Å². The molecule has 0 atom stereocenters. The van der Waals surface area contributed by atoms with E-state index >= 15 is 0 Å². The smallest absolute Gasteiger partial charge is 0.251 e. The van der Waals surface area contributed by atoms with E-state index < -0.39 is 0 Å². The molecule has 0 aliphatic rings. The van der Waals surface area contributed by atoms with Gasteiger partial charge in [0.1, 0.15) is 5.69 Å². The molecule has 0 unspecified atom stereocenters. The van der Waals surface area contributed by atoms with Crippen LogP contribution in [0.2, 0.25) is 0 Å². The number of nitrogens with zero attached hydrogens (tertiary/aromatic N) is 4. The van der Waals surface area contributed by atoms with Crippen LogP contribution in [0.5, 0.6) is 0 Å². The highest BCUT2D eigenvalue weighted by Gasteiger charge is 2.08. The molecule has 4 rings (SSSR count). The number of hydrogen-bond donors (Lipinski definition) is 1. The summed E-state index contributed by atoms with van der Waals surface area (Å²) in [6.07, 6.45) is 5.75. The molecule has 4 aromatic rings. The van der Waals surface area contributed by atoms with Crippen molar-refractivity contribution in [2.45, 2.75) is 6.54 Å². The molecule has 0 aliphatic carbocycles. The molecule has 0 saturated carbocycles. The summed E-state index contributed by atoms with van der Waals surface area (Å²) in [4.78, 5) is 12.3. The summed E-state index contributed by atoms with van der Waals surface area (Å²) in [5, 5.41) is 15.0. The van der Waals surface area contributed by atoms with Crippen molar-refractivity contribution in [3.8, 4) is 11.4 Å². The minimum Gasteiger partial charge on any atom is -0.346 e. The number of aromatic nitrogens is 4. The Hall–Kier alpha value is -3.19. The van der Waals surface area contributed by atoms with E-state index in [1.807, 2.05) is 76.4 Å². The molecule has 1 amide bonds. The summed E-state index contributed by atoms with van der Waals surface area (Å²) >= 11 is 1.60. The third-order valence-corrected chi connectivity index (χ3v) is 4.44. The predicted molar refractivity (Wildman–Crippen MR) is 96.2 cm³/mol. The van der Waals surface area contributed by atoms with Gasteiger partial charge in [-0.1, -0.05) is 5.21 Å².